The van der Waals surface area contributed by atoms with Crippen molar-refractivity contribution in [1.82, 2.24) is 10.3 Å². The average molecular weight is 357 g/mol. The lowest BCUT2D eigenvalue weighted by atomic mass is 9.86. The maximum atomic E-state index is 12.3. The third-order valence-electron chi connectivity index (χ3n) is 4.77. The minimum absolute atomic E-state index is 0.0133. The Morgan fingerprint density at radius 1 is 1.28 bits per heavy atom. The first-order chi connectivity index (χ1) is 12.0. The SMILES string of the molecule is C[C@@H]1CCCC[C@H]1NC(=O)CSc1cc(C(N)=O)c2ccccc2n1. The van der Waals surface area contributed by atoms with Gasteiger partial charge in [-0.2, -0.15) is 0 Å². The number of nitrogens with two attached hydrogens (primary N) is 1. The van der Waals surface area contributed by atoms with Crippen molar-refractivity contribution >= 4 is 34.5 Å². The van der Waals surface area contributed by atoms with E-state index in [2.05, 4.69) is 17.2 Å². The van der Waals surface area contributed by atoms with Gasteiger partial charge >= 0.3 is 0 Å². The number of benzene rings is 1. The van der Waals surface area contributed by atoms with E-state index < -0.39 is 5.91 Å². The standard InChI is InChI=1S/C19H23N3O2S/c1-12-6-2-4-8-15(12)21-17(23)11-25-18-10-14(19(20)24)13-7-3-5-9-16(13)22-18/h3,5,7,9-10,12,15H,2,4,6,8,11H2,1H3,(H2,20,24)(H,21,23)/t12-,15-/m1/s1. The van der Waals surface area contributed by atoms with Gasteiger partial charge in [0.2, 0.25) is 11.8 Å². The van der Waals surface area contributed by atoms with Crippen LogP contribution < -0.4 is 11.1 Å². The molecule has 2 atom stereocenters. The third-order valence-corrected chi connectivity index (χ3v) is 5.68. The van der Waals surface area contributed by atoms with Gasteiger partial charge in [-0.25, -0.2) is 4.98 Å². The maximum absolute atomic E-state index is 12.3. The predicted molar refractivity (Wildman–Crippen MR) is 101 cm³/mol. The molecule has 25 heavy (non-hydrogen) atoms. The number of hydrogen-bond donors (Lipinski definition) is 2. The number of thioether (sulfide) groups is 1. The Morgan fingerprint density at radius 3 is 2.80 bits per heavy atom. The van der Waals surface area contributed by atoms with Gasteiger partial charge in [0.1, 0.15) is 0 Å². The fraction of sp³-hybridized carbons (Fsp3) is 0.421. The molecule has 1 aliphatic carbocycles. The smallest absolute Gasteiger partial charge is 0.249 e. The summed E-state index contributed by atoms with van der Waals surface area (Å²) in [6.07, 6.45) is 4.65. The van der Waals surface area contributed by atoms with E-state index in [0.29, 0.717) is 22.0 Å². The van der Waals surface area contributed by atoms with Crippen LogP contribution in [0.25, 0.3) is 10.9 Å². The summed E-state index contributed by atoms with van der Waals surface area (Å²) in [5, 5.41) is 4.51. The minimum atomic E-state index is -0.485. The number of rotatable bonds is 5. The Kier molecular flexibility index (Phi) is 5.58. The van der Waals surface area contributed by atoms with Gasteiger partial charge in [0.05, 0.1) is 21.9 Å². The number of carbonyl (C=O) groups excluding carboxylic acids is 2. The van der Waals surface area contributed by atoms with Crippen LogP contribution in [0.5, 0.6) is 0 Å². The molecule has 1 aromatic carbocycles. The predicted octanol–water partition coefficient (Wildman–Crippen LogP) is 3.12. The molecule has 0 aliphatic heterocycles. The molecular weight excluding hydrogens is 334 g/mol. The van der Waals surface area contributed by atoms with Crippen LogP contribution >= 0.6 is 11.8 Å². The highest BCUT2D eigenvalue weighted by atomic mass is 32.2. The highest BCUT2D eigenvalue weighted by molar-refractivity contribution is 7.99. The largest absolute Gasteiger partial charge is 0.366 e. The van der Waals surface area contributed by atoms with Crippen molar-refractivity contribution in [1.29, 1.82) is 0 Å². The number of hydrogen-bond acceptors (Lipinski definition) is 4. The molecule has 1 saturated carbocycles. The molecule has 0 bridgehead atoms. The van der Waals surface area contributed by atoms with Crippen LogP contribution in [0.2, 0.25) is 0 Å². The maximum Gasteiger partial charge on any atom is 0.249 e. The van der Waals surface area contributed by atoms with Crippen molar-refractivity contribution in [3.05, 3.63) is 35.9 Å². The van der Waals surface area contributed by atoms with E-state index in [1.165, 1.54) is 31.0 Å². The van der Waals surface area contributed by atoms with Crippen LogP contribution in [-0.2, 0) is 4.79 Å². The molecule has 0 spiro atoms. The summed E-state index contributed by atoms with van der Waals surface area (Å²) in [5.41, 5.74) is 6.64. The van der Waals surface area contributed by atoms with Gasteiger partial charge in [-0.05, 0) is 30.9 Å². The van der Waals surface area contributed by atoms with Crippen LogP contribution in [0.15, 0.2) is 35.4 Å². The molecule has 0 unspecified atom stereocenters. The lowest BCUT2D eigenvalue weighted by Gasteiger charge is -2.29. The molecule has 1 heterocycles. The molecule has 3 rings (SSSR count). The van der Waals surface area contributed by atoms with Gasteiger partial charge in [0.15, 0.2) is 0 Å². The topological polar surface area (TPSA) is 85.1 Å². The van der Waals surface area contributed by atoms with Crippen LogP contribution in [0.4, 0.5) is 0 Å². The summed E-state index contributed by atoms with van der Waals surface area (Å²) in [6.45, 7) is 2.20. The first-order valence-electron chi connectivity index (χ1n) is 8.66. The highest BCUT2D eigenvalue weighted by Crippen LogP contribution is 2.25. The number of fused-ring (bicyclic) bond motifs is 1. The first kappa shape index (κ1) is 17.7. The number of nitrogens with zero attached hydrogens (tertiary/aromatic N) is 1. The Hall–Kier alpha value is -2.08. The number of para-hydroxylation sites is 1. The Balaban J connectivity index is 1.68. The number of nitrogens with one attached hydrogen (secondary N) is 1. The number of primary amides is 1. The molecule has 0 saturated heterocycles. The summed E-state index contributed by atoms with van der Waals surface area (Å²) in [7, 11) is 0. The normalized spacial score (nSPS) is 20.4. The molecular formula is C19H23N3O2S. The fourth-order valence-electron chi connectivity index (χ4n) is 3.35. The van der Waals surface area contributed by atoms with E-state index >= 15 is 0 Å². The Morgan fingerprint density at radius 2 is 2.04 bits per heavy atom. The molecule has 6 heteroatoms. The lowest BCUT2D eigenvalue weighted by Crippen LogP contribution is -2.41. The number of carbonyl (C=O) groups is 2. The van der Waals surface area contributed by atoms with Gasteiger partial charge in [0.25, 0.3) is 0 Å². The number of aromatic nitrogens is 1. The van der Waals surface area contributed by atoms with Crippen molar-refractivity contribution in [2.24, 2.45) is 11.7 Å². The molecule has 1 aliphatic rings. The zero-order valence-electron chi connectivity index (χ0n) is 14.3. The quantitative estimate of drug-likeness (QED) is 0.805. The molecule has 1 aromatic heterocycles. The van der Waals surface area contributed by atoms with Crippen LogP contribution in [-0.4, -0.2) is 28.6 Å². The lowest BCUT2D eigenvalue weighted by molar-refractivity contribution is -0.119. The second kappa shape index (κ2) is 7.87. The van der Waals surface area contributed by atoms with Crippen molar-refractivity contribution < 1.29 is 9.59 Å². The monoisotopic (exact) mass is 357 g/mol. The number of pyridine rings is 1. The summed E-state index contributed by atoms with van der Waals surface area (Å²) in [5.74, 6) is 0.343. The van der Waals surface area contributed by atoms with E-state index in [9.17, 15) is 9.59 Å². The molecule has 2 aromatic rings. The van der Waals surface area contributed by atoms with Gasteiger partial charge in [-0.1, -0.05) is 49.7 Å². The molecule has 132 valence electrons. The molecule has 1 fully saturated rings. The zero-order valence-corrected chi connectivity index (χ0v) is 15.1. The van der Waals surface area contributed by atoms with E-state index in [1.807, 2.05) is 24.3 Å². The molecule has 5 nitrogen and oxygen atoms in total. The van der Waals surface area contributed by atoms with E-state index in [-0.39, 0.29) is 17.7 Å². The summed E-state index contributed by atoms with van der Waals surface area (Å²) < 4.78 is 0. The zero-order chi connectivity index (χ0) is 17.8. The fourth-order valence-corrected chi connectivity index (χ4v) is 4.07. The Labute approximate surface area is 151 Å². The van der Waals surface area contributed by atoms with Gasteiger partial charge in [-0.15, -0.1) is 0 Å². The number of amides is 2. The summed E-state index contributed by atoms with van der Waals surface area (Å²) in [4.78, 5) is 28.5. The van der Waals surface area contributed by atoms with Crippen LogP contribution in [0.1, 0.15) is 43.0 Å². The average Bonchev–Trinajstić information content (AvgIpc) is 2.61. The first-order valence-corrected chi connectivity index (χ1v) is 9.65. The van der Waals surface area contributed by atoms with Crippen molar-refractivity contribution in [3.63, 3.8) is 0 Å². The summed E-state index contributed by atoms with van der Waals surface area (Å²) >= 11 is 1.33. The van der Waals surface area contributed by atoms with Crippen LogP contribution in [0, 0.1) is 5.92 Å². The van der Waals surface area contributed by atoms with Gasteiger partial charge < -0.3 is 11.1 Å². The third kappa shape index (κ3) is 4.31. The van der Waals surface area contributed by atoms with Gasteiger partial charge in [0, 0.05) is 11.4 Å². The highest BCUT2D eigenvalue weighted by Gasteiger charge is 2.22. The van der Waals surface area contributed by atoms with E-state index in [1.54, 1.807) is 6.07 Å². The minimum Gasteiger partial charge on any atom is -0.366 e. The van der Waals surface area contributed by atoms with Crippen molar-refractivity contribution in [2.45, 2.75) is 43.7 Å². The second-order valence-corrected chi connectivity index (χ2v) is 7.61. The van der Waals surface area contributed by atoms with Crippen LogP contribution in [0.3, 0.4) is 0 Å². The van der Waals surface area contributed by atoms with Crippen molar-refractivity contribution in [3.8, 4) is 0 Å². The van der Waals surface area contributed by atoms with E-state index in [4.69, 9.17) is 5.73 Å². The summed E-state index contributed by atoms with van der Waals surface area (Å²) in [6, 6.07) is 9.33. The van der Waals surface area contributed by atoms with Gasteiger partial charge in [-0.3, -0.25) is 9.59 Å². The Bertz CT molecular complexity index is 793. The molecule has 3 N–H and O–H groups in total. The second-order valence-electron chi connectivity index (χ2n) is 6.61. The van der Waals surface area contributed by atoms with Crippen molar-refractivity contribution in [2.75, 3.05) is 5.75 Å². The van der Waals surface area contributed by atoms with E-state index in [0.717, 1.165) is 11.8 Å². The molecule has 2 amide bonds. The molecule has 0 radical (unpaired) electrons.